The zero-order valence-corrected chi connectivity index (χ0v) is 22.4. The Morgan fingerprint density at radius 2 is 1.68 bits per heavy atom. The van der Waals surface area contributed by atoms with Gasteiger partial charge in [0.2, 0.25) is 16.5 Å². The molecule has 0 atom stereocenters. The van der Waals surface area contributed by atoms with Crippen LogP contribution in [-0.2, 0) is 33.5 Å². The summed E-state index contributed by atoms with van der Waals surface area (Å²) in [5.41, 5.74) is 5.56. The van der Waals surface area contributed by atoms with Crippen molar-refractivity contribution >= 4 is 84.2 Å². The van der Waals surface area contributed by atoms with Gasteiger partial charge in [-0.05, 0) is 59.6 Å². The first kappa shape index (κ1) is 29.8. The molecule has 0 fully saturated rings. The minimum atomic E-state index is -4.72. The van der Waals surface area contributed by atoms with Gasteiger partial charge in [0.15, 0.2) is 22.2 Å². The number of benzene rings is 2. The van der Waals surface area contributed by atoms with E-state index in [1.165, 1.54) is 24.3 Å². The van der Waals surface area contributed by atoms with Crippen LogP contribution in [0.25, 0.3) is 0 Å². The normalized spacial score (nSPS) is 12.2. The Hall–Kier alpha value is -2.72. The van der Waals surface area contributed by atoms with Crippen molar-refractivity contribution in [3.05, 3.63) is 47.0 Å². The molecule has 1 aromatic heterocycles. The van der Waals surface area contributed by atoms with Crippen LogP contribution in [0.4, 0.5) is 28.7 Å². The smallest absolute Gasteiger partial charge is 0.296 e. The van der Waals surface area contributed by atoms with Crippen molar-refractivity contribution in [2.45, 2.75) is 9.79 Å². The monoisotopic (exact) mass is 627 g/mol. The quantitative estimate of drug-likeness (QED) is 0.0422. The largest absolute Gasteiger partial charge is 0.398 e. The van der Waals surface area contributed by atoms with Crippen molar-refractivity contribution in [2.24, 2.45) is 10.2 Å². The van der Waals surface area contributed by atoms with Crippen LogP contribution >= 0.6 is 35.5 Å². The van der Waals surface area contributed by atoms with Crippen LogP contribution in [0.3, 0.4) is 0 Å². The first-order chi connectivity index (χ1) is 17.9. The first-order valence-electron chi connectivity index (χ1n) is 9.65. The topological polar surface area (TPSA) is 238 Å². The summed E-state index contributed by atoms with van der Waals surface area (Å²) in [5, 5.41) is 21.5. The molecule has 2 aromatic carbocycles. The van der Waals surface area contributed by atoms with E-state index < -0.39 is 30.6 Å². The molecule has 3 aromatic rings. The van der Waals surface area contributed by atoms with E-state index in [2.05, 4.69) is 39.9 Å². The molecule has 38 heavy (non-hydrogen) atoms. The number of aromatic nitrogens is 3. The molecule has 16 nitrogen and oxygen atoms in total. The second kappa shape index (κ2) is 12.9. The highest BCUT2D eigenvalue weighted by atomic mass is 35.5. The number of nitrogens with two attached hydrogens (primary N) is 1. The van der Waals surface area contributed by atoms with E-state index >= 15 is 0 Å². The zero-order chi connectivity index (χ0) is 27.9. The van der Waals surface area contributed by atoms with Gasteiger partial charge in [0.25, 0.3) is 10.1 Å². The number of nitrogens with one attached hydrogen (secondary N) is 1. The van der Waals surface area contributed by atoms with E-state index in [1.807, 2.05) is 0 Å². The number of hydrogen-bond acceptors (Lipinski definition) is 16. The second-order valence-corrected chi connectivity index (χ2v) is 11.4. The zero-order valence-electron chi connectivity index (χ0n) is 18.4. The van der Waals surface area contributed by atoms with Crippen LogP contribution < -0.4 is 11.1 Å². The highest BCUT2D eigenvalue weighted by Crippen LogP contribution is 2.35. The van der Waals surface area contributed by atoms with Gasteiger partial charge in [-0.1, -0.05) is 5.04 Å². The Morgan fingerprint density at radius 1 is 1.03 bits per heavy atom. The lowest BCUT2D eigenvalue weighted by atomic mass is 10.2. The lowest BCUT2D eigenvalue weighted by Gasteiger charge is -2.11. The summed E-state index contributed by atoms with van der Waals surface area (Å²) in [6.45, 7) is -0.265. The van der Waals surface area contributed by atoms with Crippen LogP contribution in [0.15, 0.2) is 56.4 Å². The van der Waals surface area contributed by atoms with E-state index in [0.717, 1.165) is 12.1 Å². The van der Waals surface area contributed by atoms with Gasteiger partial charge in [-0.25, -0.2) is 13.7 Å². The van der Waals surface area contributed by atoms with Gasteiger partial charge in [-0.2, -0.15) is 28.5 Å². The maximum absolute atomic E-state index is 12.4. The summed E-state index contributed by atoms with van der Waals surface area (Å²) in [6.07, 6.45) is 0. The Morgan fingerprint density at radius 3 is 2.29 bits per heavy atom. The van der Waals surface area contributed by atoms with Crippen LogP contribution in [0.1, 0.15) is 0 Å². The van der Waals surface area contributed by atoms with E-state index in [1.54, 1.807) is 0 Å². The average Bonchev–Trinajstić information content (AvgIpc) is 2.82. The van der Waals surface area contributed by atoms with E-state index in [0.29, 0.717) is 0 Å². The summed E-state index contributed by atoms with van der Waals surface area (Å²) in [6, 6.07) is 7.30. The number of azo groups is 1. The summed E-state index contributed by atoms with van der Waals surface area (Å²) in [5.74, 6) is -0.530. The maximum atomic E-state index is 12.4. The van der Waals surface area contributed by atoms with Crippen molar-refractivity contribution in [2.75, 3.05) is 23.4 Å². The third kappa shape index (κ3) is 8.39. The minimum Gasteiger partial charge on any atom is -0.398 e. The molecule has 0 radical (unpaired) electrons. The molecule has 0 aliphatic heterocycles. The van der Waals surface area contributed by atoms with Gasteiger partial charge < -0.3 is 11.1 Å². The number of nitrogen functional groups attached to an aromatic ring is 1. The van der Waals surface area contributed by atoms with Crippen molar-refractivity contribution in [1.29, 1.82) is 0 Å². The number of halogens is 2. The molecular weight excluding hydrogens is 613 g/mol. The molecule has 0 amide bonds. The predicted molar refractivity (Wildman–Crippen MR) is 135 cm³/mol. The Labute approximate surface area is 229 Å². The fourth-order valence-corrected chi connectivity index (χ4v) is 5.04. The summed E-state index contributed by atoms with van der Waals surface area (Å²) < 4.78 is 66.4. The van der Waals surface area contributed by atoms with Crippen molar-refractivity contribution in [1.82, 2.24) is 15.0 Å². The van der Waals surface area contributed by atoms with Crippen molar-refractivity contribution in [3.8, 4) is 0 Å². The number of nitrogens with zero attached hydrogens (tertiary/aromatic N) is 5. The fraction of sp³-hybridized carbons (Fsp3) is 0.118. The van der Waals surface area contributed by atoms with Crippen molar-refractivity contribution < 1.29 is 40.2 Å². The van der Waals surface area contributed by atoms with Crippen LogP contribution in [-0.4, -0.2) is 54.0 Å². The molecule has 0 aliphatic carbocycles. The fourth-order valence-electron chi connectivity index (χ4n) is 2.65. The molecule has 0 saturated carbocycles. The summed E-state index contributed by atoms with van der Waals surface area (Å²) in [7, 11) is -8.46. The molecule has 5 N–H and O–H groups in total. The molecular formula is C17H15Cl2N7O9S3. The van der Waals surface area contributed by atoms with Crippen molar-refractivity contribution in [3.63, 3.8) is 0 Å². The van der Waals surface area contributed by atoms with Crippen LogP contribution in [0.5, 0.6) is 0 Å². The lowest BCUT2D eigenvalue weighted by Crippen LogP contribution is -2.10. The number of hydrogen-bond donors (Lipinski definition) is 4. The van der Waals surface area contributed by atoms with Gasteiger partial charge in [-0.15, -0.1) is 9.45 Å². The highest BCUT2D eigenvalue weighted by molar-refractivity contribution is 7.91. The third-order valence-electron chi connectivity index (χ3n) is 4.24. The Balaban J connectivity index is 1.87. The van der Waals surface area contributed by atoms with Crippen LogP contribution in [0, 0.1) is 0 Å². The van der Waals surface area contributed by atoms with Crippen LogP contribution in [0.2, 0.25) is 10.6 Å². The van der Waals surface area contributed by atoms with E-state index in [9.17, 15) is 21.4 Å². The molecule has 0 saturated heterocycles. The minimum absolute atomic E-state index is 0.0449. The number of sulfone groups is 1. The second-order valence-electron chi connectivity index (χ2n) is 6.75. The molecule has 0 unspecified atom stereocenters. The predicted octanol–water partition coefficient (Wildman–Crippen LogP) is 3.94. The summed E-state index contributed by atoms with van der Waals surface area (Å²) >= 11 is 11.8. The lowest BCUT2D eigenvalue weighted by molar-refractivity contribution is -0.434. The number of anilines is 3. The third-order valence-corrected chi connectivity index (χ3v) is 7.57. The SMILES string of the molecule is Nc1cc(Nc2nc(Cl)nc(Cl)n2)c(N=Nc2ccc(S(=O)(=O)CCOSOOO)cc2)cc1S(=O)(=O)O. The Bertz CT molecular complexity index is 1520. The van der Waals surface area contributed by atoms with Gasteiger partial charge in [-0.3, -0.25) is 8.74 Å². The number of rotatable bonds is 12. The molecule has 204 valence electrons. The molecule has 0 bridgehead atoms. The summed E-state index contributed by atoms with van der Waals surface area (Å²) in [4.78, 5) is 10.6. The molecule has 21 heteroatoms. The van der Waals surface area contributed by atoms with Gasteiger partial charge >= 0.3 is 0 Å². The molecule has 0 spiro atoms. The molecule has 0 aliphatic rings. The Kier molecular flexibility index (Phi) is 10.1. The van der Waals surface area contributed by atoms with E-state index in [4.69, 9.17) is 38.4 Å². The molecule has 1 heterocycles. The molecule has 3 rings (SSSR count). The van der Waals surface area contributed by atoms with Gasteiger partial charge in [0, 0.05) is 0 Å². The average molecular weight is 628 g/mol. The van der Waals surface area contributed by atoms with E-state index in [-0.39, 0.29) is 63.1 Å². The van der Waals surface area contributed by atoms with Gasteiger partial charge in [0.1, 0.15) is 10.6 Å². The first-order valence-corrected chi connectivity index (χ1v) is 14.2. The highest BCUT2D eigenvalue weighted by Gasteiger charge is 2.19. The standard InChI is InChI=1S/C17H15Cl2N7O9S3/c18-15-22-16(19)24-17(23-15)21-12-7-11(20)14(38(30,31)32)8-13(12)26-25-9-1-3-10(4-2-9)37(28,29)6-5-33-36-35-34-27/h1-4,7-8,27H,5-6,20H2,(H,30,31,32)(H,21,22,23,24). The van der Waals surface area contributed by atoms with Gasteiger partial charge in [0.05, 0.1) is 34.3 Å². The maximum Gasteiger partial charge on any atom is 0.296 e.